The molecule has 3 aromatic rings. The van der Waals surface area contributed by atoms with E-state index in [9.17, 15) is 0 Å². The van der Waals surface area contributed by atoms with E-state index in [0.717, 1.165) is 15.7 Å². The summed E-state index contributed by atoms with van der Waals surface area (Å²) in [7, 11) is 1.62. The molecule has 0 aliphatic rings. The van der Waals surface area contributed by atoms with Crippen LogP contribution in [0, 0.1) is 6.92 Å². The predicted octanol–water partition coefficient (Wildman–Crippen LogP) is 4.13. The van der Waals surface area contributed by atoms with Gasteiger partial charge in [-0.2, -0.15) is 0 Å². The molecule has 0 saturated carbocycles. The van der Waals surface area contributed by atoms with Gasteiger partial charge in [0.05, 0.1) is 25.4 Å². The highest BCUT2D eigenvalue weighted by molar-refractivity contribution is 9.10. The molecular formula is C19H23BrN4O4. The van der Waals surface area contributed by atoms with Crippen molar-refractivity contribution in [2.24, 2.45) is 0 Å². The van der Waals surface area contributed by atoms with Gasteiger partial charge >= 0.3 is 0 Å². The molecule has 2 aromatic heterocycles. The van der Waals surface area contributed by atoms with E-state index in [1.165, 1.54) is 0 Å². The molecule has 150 valence electrons. The first-order chi connectivity index (χ1) is 13.5. The number of ether oxygens (including phenoxy) is 3. The summed E-state index contributed by atoms with van der Waals surface area (Å²) in [6.07, 6.45) is 1.27. The van der Waals surface area contributed by atoms with E-state index >= 15 is 0 Å². The lowest BCUT2D eigenvalue weighted by Gasteiger charge is -2.13. The number of aryl methyl sites for hydroxylation is 1. The normalized spacial score (nSPS) is 11.4. The second kappa shape index (κ2) is 9.31. The number of nitrogens with zero attached hydrogens (tertiary/aromatic N) is 4. The molecule has 0 aliphatic carbocycles. The van der Waals surface area contributed by atoms with Gasteiger partial charge in [-0.05, 0) is 39.0 Å². The van der Waals surface area contributed by atoms with Crippen LogP contribution in [0.1, 0.15) is 37.3 Å². The van der Waals surface area contributed by atoms with Crippen LogP contribution in [0.15, 0.2) is 33.3 Å². The van der Waals surface area contributed by atoms with E-state index in [1.54, 1.807) is 18.0 Å². The SMILES string of the molecule is CCOC(OCC)c1cn(Cc2nc(-c3cc(Br)ccc3OC)oc2C)nn1. The standard InChI is InChI=1S/C19H23BrN4O4/c1-5-26-19(27-6-2)16-11-24(23-22-16)10-15-12(3)28-18(21-15)14-9-13(20)7-8-17(14)25-4/h7-9,11,19H,5-6,10H2,1-4H3. The molecule has 0 saturated heterocycles. The van der Waals surface area contributed by atoms with Crippen LogP contribution >= 0.6 is 15.9 Å². The minimum Gasteiger partial charge on any atom is -0.496 e. The summed E-state index contributed by atoms with van der Waals surface area (Å²) in [6.45, 7) is 7.16. The second-order valence-electron chi connectivity index (χ2n) is 5.95. The van der Waals surface area contributed by atoms with Crippen molar-refractivity contribution in [3.8, 4) is 17.2 Å². The van der Waals surface area contributed by atoms with Gasteiger partial charge in [-0.3, -0.25) is 0 Å². The minimum atomic E-state index is -0.524. The fourth-order valence-electron chi connectivity index (χ4n) is 2.71. The second-order valence-corrected chi connectivity index (χ2v) is 6.87. The highest BCUT2D eigenvalue weighted by atomic mass is 79.9. The van der Waals surface area contributed by atoms with Crippen molar-refractivity contribution in [1.82, 2.24) is 20.0 Å². The number of halogens is 1. The van der Waals surface area contributed by atoms with Crippen LogP contribution in [0.5, 0.6) is 5.75 Å². The van der Waals surface area contributed by atoms with Gasteiger partial charge < -0.3 is 18.6 Å². The van der Waals surface area contributed by atoms with E-state index in [4.69, 9.17) is 18.6 Å². The number of rotatable bonds is 9. The summed E-state index contributed by atoms with van der Waals surface area (Å²) in [5, 5.41) is 8.32. The Morgan fingerprint density at radius 2 is 1.96 bits per heavy atom. The van der Waals surface area contributed by atoms with E-state index in [0.29, 0.717) is 42.9 Å². The molecule has 0 fully saturated rings. The molecule has 9 heteroatoms. The molecule has 0 atom stereocenters. The number of hydrogen-bond donors (Lipinski definition) is 0. The molecule has 1 aromatic carbocycles. The molecule has 0 N–H and O–H groups in total. The maximum Gasteiger partial charge on any atom is 0.230 e. The van der Waals surface area contributed by atoms with Gasteiger partial charge in [-0.15, -0.1) is 5.10 Å². The van der Waals surface area contributed by atoms with E-state index < -0.39 is 6.29 Å². The van der Waals surface area contributed by atoms with E-state index in [2.05, 4.69) is 31.2 Å². The quantitative estimate of drug-likeness (QED) is 0.453. The molecule has 3 rings (SSSR count). The monoisotopic (exact) mass is 450 g/mol. The van der Waals surface area contributed by atoms with Crippen LogP contribution in [0.3, 0.4) is 0 Å². The van der Waals surface area contributed by atoms with Crippen molar-refractivity contribution in [1.29, 1.82) is 0 Å². The van der Waals surface area contributed by atoms with Crippen LogP contribution in [-0.4, -0.2) is 40.3 Å². The maximum absolute atomic E-state index is 5.88. The lowest BCUT2D eigenvalue weighted by Crippen LogP contribution is -2.09. The van der Waals surface area contributed by atoms with Gasteiger partial charge in [0, 0.05) is 17.7 Å². The van der Waals surface area contributed by atoms with Crippen LogP contribution in [0.2, 0.25) is 0 Å². The molecule has 0 spiro atoms. The molecule has 2 heterocycles. The summed E-state index contributed by atoms with van der Waals surface area (Å²) in [5.74, 6) is 1.89. The molecular weight excluding hydrogens is 428 g/mol. The zero-order valence-electron chi connectivity index (χ0n) is 16.3. The molecule has 28 heavy (non-hydrogen) atoms. The molecule has 0 aliphatic heterocycles. The first-order valence-electron chi connectivity index (χ1n) is 8.99. The third-order valence-corrected chi connectivity index (χ3v) is 4.52. The third kappa shape index (κ3) is 4.60. The molecule has 0 radical (unpaired) electrons. The van der Waals surface area contributed by atoms with Gasteiger partial charge in [-0.1, -0.05) is 21.1 Å². The lowest BCUT2D eigenvalue weighted by atomic mass is 10.2. The molecule has 0 amide bonds. The Morgan fingerprint density at radius 1 is 1.21 bits per heavy atom. The Labute approximate surface area is 171 Å². The zero-order valence-corrected chi connectivity index (χ0v) is 17.9. The van der Waals surface area contributed by atoms with E-state index in [1.807, 2.05) is 39.0 Å². The maximum atomic E-state index is 5.88. The Balaban J connectivity index is 1.82. The van der Waals surface area contributed by atoms with Crippen LogP contribution < -0.4 is 4.74 Å². The Bertz CT molecular complexity index is 919. The third-order valence-electron chi connectivity index (χ3n) is 4.03. The molecule has 8 nitrogen and oxygen atoms in total. The zero-order chi connectivity index (χ0) is 20.1. The first kappa shape index (κ1) is 20.5. The van der Waals surface area contributed by atoms with Crippen LogP contribution in [0.25, 0.3) is 11.5 Å². The van der Waals surface area contributed by atoms with Crippen molar-refractivity contribution in [2.45, 2.75) is 33.6 Å². The fourth-order valence-corrected chi connectivity index (χ4v) is 3.07. The summed E-state index contributed by atoms with van der Waals surface area (Å²) in [6, 6.07) is 5.68. The van der Waals surface area contributed by atoms with Crippen molar-refractivity contribution < 1.29 is 18.6 Å². The summed E-state index contributed by atoms with van der Waals surface area (Å²) in [5.41, 5.74) is 2.16. The van der Waals surface area contributed by atoms with Crippen LogP contribution in [-0.2, 0) is 16.0 Å². The number of benzene rings is 1. The Hall–Kier alpha value is -2.23. The topological polar surface area (TPSA) is 84.4 Å². The van der Waals surface area contributed by atoms with Gasteiger partial charge in [0.25, 0.3) is 0 Å². The number of methoxy groups -OCH3 is 1. The highest BCUT2D eigenvalue weighted by Crippen LogP contribution is 2.33. The summed E-state index contributed by atoms with van der Waals surface area (Å²) in [4.78, 5) is 4.63. The minimum absolute atomic E-state index is 0.420. The van der Waals surface area contributed by atoms with E-state index in [-0.39, 0.29) is 0 Å². The van der Waals surface area contributed by atoms with Gasteiger partial charge in [0.15, 0.2) is 0 Å². The van der Waals surface area contributed by atoms with Gasteiger partial charge in [0.2, 0.25) is 12.2 Å². The van der Waals surface area contributed by atoms with Crippen molar-refractivity contribution in [3.63, 3.8) is 0 Å². The number of aromatic nitrogens is 4. The average Bonchev–Trinajstić information content (AvgIpc) is 3.29. The van der Waals surface area contributed by atoms with Gasteiger partial charge in [-0.25, -0.2) is 9.67 Å². The summed E-state index contributed by atoms with van der Waals surface area (Å²) >= 11 is 3.47. The number of oxazole rings is 1. The summed E-state index contributed by atoms with van der Waals surface area (Å²) < 4.78 is 25.0. The predicted molar refractivity (Wildman–Crippen MR) is 106 cm³/mol. The first-order valence-corrected chi connectivity index (χ1v) is 9.78. The van der Waals surface area contributed by atoms with Crippen LogP contribution in [0.4, 0.5) is 0 Å². The van der Waals surface area contributed by atoms with Crippen molar-refractivity contribution in [3.05, 3.63) is 46.0 Å². The molecule has 0 bridgehead atoms. The van der Waals surface area contributed by atoms with Crippen molar-refractivity contribution in [2.75, 3.05) is 20.3 Å². The Kier molecular flexibility index (Phi) is 6.82. The number of hydrogen-bond acceptors (Lipinski definition) is 7. The lowest BCUT2D eigenvalue weighted by molar-refractivity contribution is -0.142. The molecule has 0 unspecified atom stereocenters. The largest absolute Gasteiger partial charge is 0.496 e. The van der Waals surface area contributed by atoms with Crippen molar-refractivity contribution >= 4 is 15.9 Å². The Morgan fingerprint density at radius 3 is 2.64 bits per heavy atom. The average molecular weight is 451 g/mol. The smallest absolute Gasteiger partial charge is 0.230 e. The fraction of sp³-hybridized carbons (Fsp3) is 0.421. The van der Waals surface area contributed by atoms with Gasteiger partial charge in [0.1, 0.15) is 22.9 Å². The highest BCUT2D eigenvalue weighted by Gasteiger charge is 2.19.